The van der Waals surface area contributed by atoms with E-state index >= 15 is 0 Å². The van der Waals surface area contributed by atoms with Gasteiger partial charge in [-0.1, -0.05) is 19.1 Å². The fourth-order valence-corrected chi connectivity index (χ4v) is 4.89. The quantitative estimate of drug-likeness (QED) is 0.589. The number of allylic oxidation sites excluding steroid dienone is 1. The van der Waals surface area contributed by atoms with Gasteiger partial charge in [0.1, 0.15) is 5.56 Å². The van der Waals surface area contributed by atoms with E-state index in [0.717, 1.165) is 11.4 Å². The van der Waals surface area contributed by atoms with Crippen LogP contribution in [0.4, 0.5) is 0 Å². The number of amides is 1. The monoisotopic (exact) mass is 396 g/mol. The molecule has 2 aliphatic rings. The van der Waals surface area contributed by atoms with E-state index < -0.39 is 0 Å². The Balaban J connectivity index is 1.65. The van der Waals surface area contributed by atoms with Gasteiger partial charge in [-0.3, -0.25) is 9.59 Å². The summed E-state index contributed by atoms with van der Waals surface area (Å²) in [5, 5.41) is 4.54. The third-order valence-corrected chi connectivity index (χ3v) is 6.23. The van der Waals surface area contributed by atoms with Crippen LogP contribution >= 0.6 is 0 Å². The van der Waals surface area contributed by atoms with Gasteiger partial charge in [-0.2, -0.15) is 5.10 Å². The highest BCUT2D eigenvalue weighted by atomic mass is 16.5. The lowest BCUT2D eigenvalue weighted by Crippen LogP contribution is -2.37. The van der Waals surface area contributed by atoms with Crippen molar-refractivity contribution in [2.24, 2.45) is 23.7 Å². The maximum atomic E-state index is 13.5. The number of likely N-dealkylation sites (tertiary alicyclic amines) is 1. The molecule has 1 aliphatic carbocycles. The van der Waals surface area contributed by atoms with Gasteiger partial charge in [0.05, 0.1) is 18.2 Å². The molecule has 0 radical (unpaired) electrons. The highest BCUT2D eigenvalue weighted by molar-refractivity contribution is 6.01. The topological polar surface area (TPSA) is 76.8 Å². The summed E-state index contributed by atoms with van der Waals surface area (Å²) in [7, 11) is 0. The minimum atomic E-state index is -0.213. The second kappa shape index (κ2) is 7.28. The van der Waals surface area contributed by atoms with Crippen LogP contribution in [0.15, 0.2) is 18.2 Å². The van der Waals surface area contributed by atoms with E-state index in [-0.39, 0.29) is 35.5 Å². The van der Waals surface area contributed by atoms with Crippen LogP contribution in [0.2, 0.25) is 0 Å². The Kier molecular flexibility index (Phi) is 4.92. The van der Waals surface area contributed by atoms with Crippen LogP contribution in [0.5, 0.6) is 0 Å². The standard InChI is InChI=1S/C22H28N4O3/c1-6-29-22(28)18-12(2)7-8-16-10-25(11-17(16)18)21(27)19-15(5)24-26-14(4)9-13(3)23-20(19)26/h7-9,12,16-18H,6,10-11H2,1-5H3/t12-,16-,17-,18-/m0/s1. The van der Waals surface area contributed by atoms with Gasteiger partial charge in [0, 0.05) is 24.5 Å². The smallest absolute Gasteiger partial charge is 0.309 e. The second-order valence-corrected chi connectivity index (χ2v) is 8.29. The molecule has 0 spiro atoms. The van der Waals surface area contributed by atoms with Crippen LogP contribution in [0.25, 0.3) is 5.65 Å². The maximum Gasteiger partial charge on any atom is 0.309 e. The van der Waals surface area contributed by atoms with Crippen molar-refractivity contribution in [1.29, 1.82) is 0 Å². The van der Waals surface area contributed by atoms with Crippen LogP contribution in [-0.4, -0.2) is 51.1 Å². The Labute approximate surface area is 170 Å². The molecule has 0 aromatic carbocycles. The molecular formula is C22H28N4O3. The molecule has 4 rings (SSSR count). The number of nitrogens with zero attached hydrogens (tertiary/aromatic N) is 4. The number of carbonyl (C=O) groups is 2. The number of fused-ring (bicyclic) bond motifs is 2. The molecule has 7 heteroatoms. The summed E-state index contributed by atoms with van der Waals surface area (Å²) in [6.07, 6.45) is 4.25. The number of rotatable bonds is 3. The molecule has 0 N–H and O–H groups in total. The lowest BCUT2D eigenvalue weighted by molar-refractivity contribution is -0.152. The molecule has 2 aromatic heterocycles. The van der Waals surface area contributed by atoms with E-state index in [0.29, 0.717) is 36.6 Å². The Morgan fingerprint density at radius 3 is 2.69 bits per heavy atom. The van der Waals surface area contributed by atoms with E-state index in [1.54, 1.807) is 4.52 Å². The van der Waals surface area contributed by atoms with Crippen molar-refractivity contribution in [3.05, 3.63) is 40.9 Å². The maximum absolute atomic E-state index is 13.5. The minimum absolute atomic E-state index is 0.0620. The highest BCUT2D eigenvalue weighted by Crippen LogP contribution is 2.40. The first-order valence-corrected chi connectivity index (χ1v) is 10.3. The summed E-state index contributed by atoms with van der Waals surface area (Å²) in [6.45, 7) is 11.1. The van der Waals surface area contributed by atoms with Crippen molar-refractivity contribution < 1.29 is 14.3 Å². The lowest BCUT2D eigenvalue weighted by Gasteiger charge is -2.31. The molecule has 0 bridgehead atoms. The molecule has 1 aliphatic heterocycles. The molecule has 2 aromatic rings. The molecule has 1 amide bonds. The van der Waals surface area contributed by atoms with Gasteiger partial charge >= 0.3 is 5.97 Å². The molecule has 0 unspecified atom stereocenters. The summed E-state index contributed by atoms with van der Waals surface area (Å²) >= 11 is 0. The number of aromatic nitrogens is 3. The molecule has 3 heterocycles. The summed E-state index contributed by atoms with van der Waals surface area (Å²) in [5.41, 5.74) is 3.64. The normalized spacial score (nSPS) is 26.0. The van der Waals surface area contributed by atoms with Gasteiger partial charge in [-0.05, 0) is 51.5 Å². The summed E-state index contributed by atoms with van der Waals surface area (Å²) in [5.74, 6) is -0.0760. The Bertz CT molecular complexity index is 1010. The van der Waals surface area contributed by atoms with Gasteiger partial charge in [0.2, 0.25) is 0 Å². The largest absolute Gasteiger partial charge is 0.466 e. The first-order chi connectivity index (χ1) is 13.8. The number of esters is 1. The SMILES string of the molecule is CCOC(=O)[C@@H]1[C@H]2CN(C(=O)c3c(C)nn4c(C)cc(C)nc34)C[C@@H]2C=C[C@@H]1C. The first kappa shape index (κ1) is 19.6. The van der Waals surface area contributed by atoms with Crippen LogP contribution < -0.4 is 0 Å². The van der Waals surface area contributed by atoms with Crippen molar-refractivity contribution in [3.63, 3.8) is 0 Å². The molecule has 4 atom stereocenters. The number of ether oxygens (including phenoxy) is 1. The van der Waals surface area contributed by atoms with E-state index in [4.69, 9.17) is 4.74 Å². The van der Waals surface area contributed by atoms with Crippen molar-refractivity contribution in [2.75, 3.05) is 19.7 Å². The molecule has 154 valence electrons. The first-order valence-electron chi connectivity index (χ1n) is 10.3. The highest BCUT2D eigenvalue weighted by Gasteiger charge is 2.46. The van der Waals surface area contributed by atoms with Crippen molar-refractivity contribution in [3.8, 4) is 0 Å². The third kappa shape index (κ3) is 3.22. The zero-order valence-electron chi connectivity index (χ0n) is 17.7. The molecule has 1 saturated heterocycles. The van der Waals surface area contributed by atoms with Crippen LogP contribution in [0, 0.1) is 44.4 Å². The Morgan fingerprint density at radius 1 is 1.21 bits per heavy atom. The van der Waals surface area contributed by atoms with Gasteiger partial charge < -0.3 is 9.64 Å². The summed E-state index contributed by atoms with van der Waals surface area (Å²) in [4.78, 5) is 32.5. The minimum Gasteiger partial charge on any atom is -0.466 e. The third-order valence-electron chi connectivity index (χ3n) is 6.23. The molecule has 29 heavy (non-hydrogen) atoms. The Hall–Kier alpha value is -2.70. The molecule has 1 fully saturated rings. The average Bonchev–Trinajstić information content (AvgIpc) is 3.22. The number of hydrogen-bond donors (Lipinski definition) is 0. The molecule has 0 saturated carbocycles. The summed E-state index contributed by atoms with van der Waals surface area (Å²) < 4.78 is 7.07. The summed E-state index contributed by atoms with van der Waals surface area (Å²) in [6, 6.07) is 1.95. The van der Waals surface area contributed by atoms with Crippen LogP contribution in [0.3, 0.4) is 0 Å². The van der Waals surface area contributed by atoms with Gasteiger partial charge in [-0.15, -0.1) is 0 Å². The fraction of sp³-hybridized carbons (Fsp3) is 0.545. The van der Waals surface area contributed by atoms with E-state index in [1.165, 1.54) is 0 Å². The number of aryl methyl sites for hydroxylation is 3. The van der Waals surface area contributed by atoms with Gasteiger partial charge in [0.15, 0.2) is 5.65 Å². The number of hydrogen-bond acceptors (Lipinski definition) is 5. The fourth-order valence-electron chi connectivity index (χ4n) is 4.89. The van der Waals surface area contributed by atoms with E-state index in [9.17, 15) is 9.59 Å². The van der Waals surface area contributed by atoms with Gasteiger partial charge in [0.25, 0.3) is 5.91 Å². The average molecular weight is 396 g/mol. The molecular weight excluding hydrogens is 368 g/mol. The van der Waals surface area contributed by atoms with Crippen molar-refractivity contribution in [1.82, 2.24) is 19.5 Å². The van der Waals surface area contributed by atoms with Crippen molar-refractivity contribution in [2.45, 2.75) is 34.6 Å². The van der Waals surface area contributed by atoms with Crippen LogP contribution in [0.1, 0.15) is 41.3 Å². The zero-order chi connectivity index (χ0) is 20.9. The predicted octanol–water partition coefficient (Wildman–Crippen LogP) is 2.73. The zero-order valence-corrected chi connectivity index (χ0v) is 17.7. The van der Waals surface area contributed by atoms with Crippen molar-refractivity contribution >= 4 is 17.5 Å². The lowest BCUT2D eigenvalue weighted by atomic mass is 9.72. The van der Waals surface area contributed by atoms with Crippen LogP contribution in [-0.2, 0) is 9.53 Å². The van der Waals surface area contributed by atoms with E-state index in [2.05, 4.69) is 22.2 Å². The van der Waals surface area contributed by atoms with Gasteiger partial charge in [-0.25, -0.2) is 9.50 Å². The predicted molar refractivity (Wildman–Crippen MR) is 109 cm³/mol. The number of carbonyl (C=O) groups excluding carboxylic acids is 2. The Morgan fingerprint density at radius 2 is 1.97 bits per heavy atom. The van der Waals surface area contributed by atoms with E-state index in [1.807, 2.05) is 45.6 Å². The molecule has 7 nitrogen and oxygen atoms in total. The second-order valence-electron chi connectivity index (χ2n) is 8.29.